The summed E-state index contributed by atoms with van der Waals surface area (Å²) in [5.74, 6) is -1.13. The summed E-state index contributed by atoms with van der Waals surface area (Å²) in [6, 6.07) is 13.6. The van der Waals surface area contributed by atoms with Crippen molar-refractivity contribution in [3.63, 3.8) is 0 Å². The zero-order valence-corrected chi connectivity index (χ0v) is 14.5. The number of carbonyl (C=O) groups is 2. The number of aromatic carboxylic acids is 1. The maximum atomic E-state index is 12.7. The van der Waals surface area contributed by atoms with Gasteiger partial charge < -0.3 is 9.90 Å². The topological polar surface area (TPSA) is 105 Å². The molecule has 2 N–H and O–H groups in total. The number of nitrogens with one attached hydrogen (secondary N) is 1. The second-order valence-corrected chi connectivity index (χ2v) is 5.91. The van der Waals surface area contributed by atoms with E-state index in [0.717, 1.165) is 6.29 Å². The highest BCUT2D eigenvalue weighted by Gasteiger charge is 2.13. The maximum absolute atomic E-state index is 12.7. The van der Waals surface area contributed by atoms with E-state index in [9.17, 15) is 19.5 Å². The molecule has 1 heterocycles. The van der Waals surface area contributed by atoms with E-state index in [2.05, 4.69) is 10.1 Å². The SMILES string of the molecule is Cc1[nH]n(-c2ccccc2)c(=O)c1C=Nc1cc(CC=O)ccc1C(=O)O. The molecule has 0 spiro atoms. The largest absolute Gasteiger partial charge is 0.478 e. The molecule has 0 aliphatic heterocycles. The van der Waals surface area contributed by atoms with Crippen molar-refractivity contribution in [1.29, 1.82) is 0 Å². The third-order valence-electron chi connectivity index (χ3n) is 4.08. The third kappa shape index (κ3) is 3.77. The smallest absolute Gasteiger partial charge is 0.337 e. The van der Waals surface area contributed by atoms with Crippen LogP contribution in [0.1, 0.15) is 27.2 Å². The van der Waals surface area contributed by atoms with Gasteiger partial charge in [-0.15, -0.1) is 0 Å². The van der Waals surface area contributed by atoms with E-state index in [1.54, 1.807) is 25.1 Å². The number of carboxylic acid groups (broad SMARTS) is 1. The molecule has 0 amide bonds. The van der Waals surface area contributed by atoms with Gasteiger partial charge in [0, 0.05) is 18.3 Å². The highest BCUT2D eigenvalue weighted by Crippen LogP contribution is 2.21. The maximum Gasteiger partial charge on any atom is 0.337 e. The Hall–Kier alpha value is -3.74. The standard InChI is InChI=1S/C20H17N3O4/c1-13-17(19(25)23(22-13)15-5-3-2-4-6-15)12-21-18-11-14(9-10-24)7-8-16(18)20(26)27/h2-8,10-12,22H,9H2,1H3,(H,26,27). The first-order valence-electron chi connectivity index (χ1n) is 8.22. The number of aldehydes is 1. The van der Waals surface area contributed by atoms with Crippen molar-refractivity contribution in [2.45, 2.75) is 13.3 Å². The number of benzene rings is 2. The molecule has 2 aromatic carbocycles. The van der Waals surface area contributed by atoms with Gasteiger partial charge in [0.2, 0.25) is 0 Å². The third-order valence-corrected chi connectivity index (χ3v) is 4.08. The fraction of sp³-hybridized carbons (Fsp3) is 0.100. The second kappa shape index (κ2) is 7.65. The number of aromatic nitrogens is 2. The number of carbonyl (C=O) groups excluding carboxylic acids is 1. The summed E-state index contributed by atoms with van der Waals surface area (Å²) in [4.78, 5) is 39.0. The molecule has 136 valence electrons. The van der Waals surface area contributed by atoms with Crippen molar-refractivity contribution in [2.75, 3.05) is 0 Å². The average molecular weight is 363 g/mol. The lowest BCUT2D eigenvalue weighted by atomic mass is 10.1. The van der Waals surface area contributed by atoms with Gasteiger partial charge in [0.15, 0.2) is 0 Å². The Morgan fingerprint density at radius 1 is 1.22 bits per heavy atom. The van der Waals surface area contributed by atoms with Crippen LogP contribution in [0.15, 0.2) is 58.3 Å². The zero-order valence-electron chi connectivity index (χ0n) is 14.5. The Kier molecular flexibility index (Phi) is 5.12. The predicted octanol–water partition coefficient (Wildman–Crippen LogP) is 2.66. The van der Waals surface area contributed by atoms with E-state index in [-0.39, 0.29) is 23.2 Å². The van der Waals surface area contributed by atoms with Gasteiger partial charge in [-0.05, 0) is 36.8 Å². The number of H-pyrrole nitrogens is 1. The number of aryl methyl sites for hydroxylation is 1. The molecule has 0 saturated carbocycles. The van der Waals surface area contributed by atoms with Gasteiger partial charge in [0.05, 0.1) is 22.5 Å². The molecule has 0 unspecified atom stereocenters. The van der Waals surface area contributed by atoms with Crippen LogP contribution in [0.5, 0.6) is 0 Å². The second-order valence-electron chi connectivity index (χ2n) is 5.91. The molecule has 0 atom stereocenters. The van der Waals surface area contributed by atoms with Crippen LogP contribution in [0, 0.1) is 6.92 Å². The predicted molar refractivity (Wildman–Crippen MR) is 102 cm³/mol. The number of para-hydroxylation sites is 1. The lowest BCUT2D eigenvalue weighted by molar-refractivity contribution is -0.107. The zero-order chi connectivity index (χ0) is 19.4. The Labute approximate surface area is 154 Å². The van der Waals surface area contributed by atoms with Gasteiger partial charge in [0.25, 0.3) is 5.56 Å². The minimum atomic E-state index is -1.13. The first-order valence-corrected chi connectivity index (χ1v) is 8.22. The van der Waals surface area contributed by atoms with Gasteiger partial charge >= 0.3 is 5.97 Å². The molecule has 3 rings (SSSR count). The van der Waals surface area contributed by atoms with Crippen LogP contribution < -0.4 is 5.56 Å². The first-order chi connectivity index (χ1) is 13.0. The van der Waals surface area contributed by atoms with Gasteiger partial charge in [-0.1, -0.05) is 24.3 Å². The minimum Gasteiger partial charge on any atom is -0.478 e. The van der Waals surface area contributed by atoms with E-state index in [0.29, 0.717) is 22.5 Å². The molecule has 3 aromatic rings. The number of hydrogen-bond acceptors (Lipinski definition) is 4. The summed E-state index contributed by atoms with van der Waals surface area (Å²) in [7, 11) is 0. The summed E-state index contributed by atoms with van der Waals surface area (Å²) < 4.78 is 1.40. The number of aliphatic imine (C=N–C) groups is 1. The lowest BCUT2D eigenvalue weighted by Crippen LogP contribution is -2.17. The number of hydrogen-bond donors (Lipinski definition) is 2. The average Bonchev–Trinajstić information content (AvgIpc) is 2.95. The van der Waals surface area contributed by atoms with Crippen LogP contribution in [0.4, 0.5) is 5.69 Å². The van der Waals surface area contributed by atoms with Crippen molar-refractivity contribution < 1.29 is 14.7 Å². The normalized spacial score (nSPS) is 11.0. The molecule has 0 aliphatic carbocycles. The number of rotatable bonds is 6. The van der Waals surface area contributed by atoms with Crippen molar-refractivity contribution >= 4 is 24.2 Å². The fourth-order valence-corrected chi connectivity index (χ4v) is 2.69. The van der Waals surface area contributed by atoms with Crippen molar-refractivity contribution in [2.24, 2.45) is 4.99 Å². The van der Waals surface area contributed by atoms with Crippen LogP contribution >= 0.6 is 0 Å². The molecular weight excluding hydrogens is 346 g/mol. The van der Waals surface area contributed by atoms with Crippen LogP contribution in [0.3, 0.4) is 0 Å². The van der Waals surface area contributed by atoms with Crippen LogP contribution in [-0.2, 0) is 11.2 Å². The molecule has 0 aliphatic rings. The molecule has 0 radical (unpaired) electrons. The van der Waals surface area contributed by atoms with Gasteiger partial charge in [-0.2, -0.15) is 0 Å². The van der Waals surface area contributed by atoms with Crippen molar-refractivity contribution in [3.8, 4) is 5.69 Å². The molecule has 7 nitrogen and oxygen atoms in total. The van der Waals surface area contributed by atoms with Gasteiger partial charge in [-0.3, -0.25) is 14.9 Å². The summed E-state index contributed by atoms with van der Waals surface area (Å²) in [5.41, 5.74) is 2.16. The van der Waals surface area contributed by atoms with E-state index in [1.165, 1.54) is 23.0 Å². The molecule has 0 fully saturated rings. The Morgan fingerprint density at radius 2 is 1.96 bits per heavy atom. The fourth-order valence-electron chi connectivity index (χ4n) is 2.69. The number of aromatic amines is 1. The summed E-state index contributed by atoms with van der Waals surface area (Å²) in [6.45, 7) is 1.74. The number of nitrogens with zero attached hydrogens (tertiary/aromatic N) is 2. The molecule has 0 bridgehead atoms. The van der Waals surface area contributed by atoms with E-state index >= 15 is 0 Å². The Bertz CT molecular complexity index is 1080. The van der Waals surface area contributed by atoms with Gasteiger partial charge in [-0.25, -0.2) is 9.48 Å². The lowest BCUT2D eigenvalue weighted by Gasteiger charge is -2.03. The van der Waals surface area contributed by atoms with Crippen LogP contribution in [-0.4, -0.2) is 33.4 Å². The van der Waals surface area contributed by atoms with Crippen molar-refractivity contribution in [3.05, 3.63) is 81.3 Å². The monoisotopic (exact) mass is 363 g/mol. The summed E-state index contributed by atoms with van der Waals surface area (Å²) >= 11 is 0. The van der Waals surface area contributed by atoms with E-state index in [4.69, 9.17) is 0 Å². The molecule has 27 heavy (non-hydrogen) atoms. The quantitative estimate of drug-likeness (QED) is 0.519. The summed E-state index contributed by atoms with van der Waals surface area (Å²) in [5, 5.41) is 12.3. The minimum absolute atomic E-state index is 0.00234. The number of carboxylic acids is 1. The van der Waals surface area contributed by atoms with Crippen LogP contribution in [0.2, 0.25) is 0 Å². The van der Waals surface area contributed by atoms with E-state index < -0.39 is 5.97 Å². The van der Waals surface area contributed by atoms with E-state index in [1.807, 2.05) is 18.2 Å². The molecular formula is C20H17N3O4. The van der Waals surface area contributed by atoms with Crippen molar-refractivity contribution in [1.82, 2.24) is 9.78 Å². The molecule has 1 aromatic heterocycles. The molecule has 0 saturated heterocycles. The highest BCUT2D eigenvalue weighted by molar-refractivity contribution is 5.95. The Balaban J connectivity index is 2.03. The van der Waals surface area contributed by atoms with Gasteiger partial charge in [0.1, 0.15) is 6.29 Å². The molecule has 7 heteroatoms. The highest BCUT2D eigenvalue weighted by atomic mass is 16.4. The van der Waals surface area contributed by atoms with Crippen LogP contribution in [0.25, 0.3) is 5.69 Å². The summed E-state index contributed by atoms with van der Waals surface area (Å²) in [6.07, 6.45) is 2.24. The first kappa shape index (κ1) is 18.1. The Morgan fingerprint density at radius 3 is 2.63 bits per heavy atom.